The van der Waals surface area contributed by atoms with E-state index < -0.39 is 0 Å². The van der Waals surface area contributed by atoms with Crippen LogP contribution in [0.5, 0.6) is 0 Å². The van der Waals surface area contributed by atoms with Crippen molar-refractivity contribution in [1.29, 1.82) is 0 Å². The van der Waals surface area contributed by atoms with E-state index in [0.29, 0.717) is 0 Å². The molecule has 5 nitrogen and oxygen atoms in total. The Morgan fingerprint density at radius 1 is 1.47 bits per heavy atom. The standard InChI is InChI=1S/C10H17N3O2/c1-5(9(11)13-15)12-10(14)8-3-6-2-7(6)4-8/h5-8,15H,2-4H2,1H3,(H2,11,13)(H,12,14). The molecule has 0 radical (unpaired) electrons. The quantitative estimate of drug-likeness (QED) is 0.271. The molecule has 2 aliphatic rings. The summed E-state index contributed by atoms with van der Waals surface area (Å²) in [7, 11) is 0. The predicted octanol–water partition coefficient (Wildman–Crippen LogP) is 0.284. The molecule has 3 atom stereocenters. The lowest BCUT2D eigenvalue weighted by Gasteiger charge is -2.16. The van der Waals surface area contributed by atoms with Crippen LogP contribution in [-0.4, -0.2) is 23.0 Å². The van der Waals surface area contributed by atoms with Gasteiger partial charge in [-0.2, -0.15) is 0 Å². The van der Waals surface area contributed by atoms with E-state index in [1.807, 2.05) is 0 Å². The minimum Gasteiger partial charge on any atom is -0.409 e. The van der Waals surface area contributed by atoms with Gasteiger partial charge in [0, 0.05) is 5.92 Å². The fraction of sp³-hybridized carbons (Fsp3) is 0.800. The molecule has 0 heterocycles. The minimum atomic E-state index is -0.389. The third-order valence-corrected chi connectivity index (χ3v) is 3.53. The maximum Gasteiger partial charge on any atom is 0.223 e. The van der Waals surface area contributed by atoms with Crippen LogP contribution in [0, 0.1) is 17.8 Å². The van der Waals surface area contributed by atoms with Crippen molar-refractivity contribution in [3.63, 3.8) is 0 Å². The SMILES string of the molecule is CC(NC(=O)C1CC2CC2C1)C(N)=NO. The van der Waals surface area contributed by atoms with Crippen molar-refractivity contribution in [2.45, 2.75) is 32.2 Å². The third-order valence-electron chi connectivity index (χ3n) is 3.53. The number of carbonyl (C=O) groups is 1. The van der Waals surface area contributed by atoms with Crippen LogP contribution < -0.4 is 11.1 Å². The van der Waals surface area contributed by atoms with E-state index >= 15 is 0 Å². The second-order valence-corrected chi connectivity index (χ2v) is 4.68. The Morgan fingerprint density at radius 2 is 2.07 bits per heavy atom. The first kappa shape index (κ1) is 10.3. The Hall–Kier alpha value is -1.26. The molecule has 1 amide bonds. The van der Waals surface area contributed by atoms with E-state index in [1.54, 1.807) is 6.92 Å². The average Bonchev–Trinajstić information content (AvgIpc) is 2.84. The molecule has 0 aromatic heterocycles. The normalized spacial score (nSPS) is 35.8. The lowest BCUT2D eigenvalue weighted by molar-refractivity contribution is -0.125. The largest absolute Gasteiger partial charge is 0.409 e. The van der Waals surface area contributed by atoms with Gasteiger partial charge in [0.25, 0.3) is 0 Å². The number of rotatable bonds is 3. The Morgan fingerprint density at radius 3 is 2.60 bits per heavy atom. The van der Waals surface area contributed by atoms with Gasteiger partial charge < -0.3 is 16.3 Å². The summed E-state index contributed by atoms with van der Waals surface area (Å²) >= 11 is 0. The number of nitrogens with one attached hydrogen (secondary N) is 1. The van der Waals surface area contributed by atoms with Crippen LogP contribution in [0.25, 0.3) is 0 Å². The summed E-state index contributed by atoms with van der Waals surface area (Å²) in [4.78, 5) is 11.7. The maximum absolute atomic E-state index is 11.7. The summed E-state index contributed by atoms with van der Waals surface area (Å²) in [6.45, 7) is 1.71. The highest BCUT2D eigenvalue weighted by atomic mass is 16.4. The lowest BCUT2D eigenvalue weighted by Crippen LogP contribution is -2.44. The highest BCUT2D eigenvalue weighted by Gasteiger charge is 2.48. The molecule has 0 aromatic rings. The van der Waals surface area contributed by atoms with Crippen molar-refractivity contribution in [3.05, 3.63) is 0 Å². The summed E-state index contributed by atoms with van der Waals surface area (Å²) in [6.07, 6.45) is 3.33. The highest BCUT2D eigenvalue weighted by Crippen LogP contribution is 2.54. The van der Waals surface area contributed by atoms with Crippen LogP contribution in [0.1, 0.15) is 26.2 Å². The van der Waals surface area contributed by atoms with Gasteiger partial charge in [-0.25, -0.2) is 0 Å². The predicted molar refractivity (Wildman–Crippen MR) is 55.3 cm³/mol. The van der Waals surface area contributed by atoms with Gasteiger partial charge in [0.2, 0.25) is 5.91 Å². The van der Waals surface area contributed by atoms with Crippen LogP contribution in [0.15, 0.2) is 5.16 Å². The summed E-state index contributed by atoms with van der Waals surface area (Å²) in [5.41, 5.74) is 5.38. The summed E-state index contributed by atoms with van der Waals surface area (Å²) in [6, 6.07) is -0.389. The summed E-state index contributed by atoms with van der Waals surface area (Å²) in [5.74, 6) is 1.82. The fourth-order valence-electron chi connectivity index (χ4n) is 2.42. The zero-order valence-electron chi connectivity index (χ0n) is 8.81. The highest BCUT2D eigenvalue weighted by molar-refractivity contribution is 5.90. The van der Waals surface area contributed by atoms with Crippen molar-refractivity contribution in [3.8, 4) is 0 Å². The van der Waals surface area contributed by atoms with Gasteiger partial charge in [-0.05, 0) is 38.0 Å². The van der Waals surface area contributed by atoms with Crippen molar-refractivity contribution in [2.24, 2.45) is 28.6 Å². The van der Waals surface area contributed by atoms with E-state index in [4.69, 9.17) is 10.9 Å². The van der Waals surface area contributed by atoms with E-state index in [9.17, 15) is 4.79 Å². The van der Waals surface area contributed by atoms with Crippen LogP contribution in [0.2, 0.25) is 0 Å². The Kier molecular flexibility index (Phi) is 2.54. The second-order valence-electron chi connectivity index (χ2n) is 4.68. The molecule has 0 spiro atoms. The maximum atomic E-state index is 11.7. The second kappa shape index (κ2) is 3.72. The van der Waals surface area contributed by atoms with Gasteiger partial charge in [0.15, 0.2) is 5.84 Å². The summed E-state index contributed by atoms with van der Waals surface area (Å²) < 4.78 is 0. The average molecular weight is 211 g/mol. The first-order valence-electron chi connectivity index (χ1n) is 5.39. The number of carbonyl (C=O) groups excluding carboxylic acids is 1. The number of nitrogens with two attached hydrogens (primary N) is 1. The van der Waals surface area contributed by atoms with E-state index in [1.165, 1.54) is 6.42 Å². The Bertz CT molecular complexity index is 293. The first-order chi connectivity index (χ1) is 7.11. The van der Waals surface area contributed by atoms with Crippen LogP contribution in [0.3, 0.4) is 0 Å². The molecule has 0 aliphatic heterocycles. The number of amidine groups is 1. The monoisotopic (exact) mass is 211 g/mol. The first-order valence-corrected chi connectivity index (χ1v) is 5.39. The number of fused-ring (bicyclic) bond motifs is 1. The number of amides is 1. The van der Waals surface area contributed by atoms with Crippen molar-refractivity contribution >= 4 is 11.7 Å². The van der Waals surface area contributed by atoms with Gasteiger partial charge in [-0.3, -0.25) is 4.79 Å². The van der Waals surface area contributed by atoms with Gasteiger partial charge in [0.1, 0.15) is 0 Å². The molecule has 0 bridgehead atoms. The molecule has 2 rings (SSSR count). The molecule has 84 valence electrons. The van der Waals surface area contributed by atoms with E-state index in [2.05, 4.69) is 10.5 Å². The fourth-order valence-corrected chi connectivity index (χ4v) is 2.42. The summed E-state index contributed by atoms with van der Waals surface area (Å²) in [5, 5.41) is 14.1. The van der Waals surface area contributed by atoms with Crippen LogP contribution >= 0.6 is 0 Å². The molecule has 5 heteroatoms. The van der Waals surface area contributed by atoms with Gasteiger partial charge in [-0.1, -0.05) is 5.16 Å². The number of hydrogen-bond acceptors (Lipinski definition) is 3. The third kappa shape index (κ3) is 2.06. The molecular weight excluding hydrogens is 194 g/mol. The molecule has 0 saturated heterocycles. The molecule has 3 unspecified atom stereocenters. The minimum absolute atomic E-state index is 0.0429. The molecule has 2 fully saturated rings. The Labute approximate surface area is 88.7 Å². The van der Waals surface area contributed by atoms with Gasteiger partial charge in [0.05, 0.1) is 6.04 Å². The topological polar surface area (TPSA) is 87.7 Å². The molecule has 2 aliphatic carbocycles. The van der Waals surface area contributed by atoms with E-state index in [0.717, 1.165) is 24.7 Å². The van der Waals surface area contributed by atoms with E-state index in [-0.39, 0.29) is 23.7 Å². The number of hydrogen-bond donors (Lipinski definition) is 3. The number of nitrogens with zero attached hydrogens (tertiary/aromatic N) is 1. The molecule has 0 aromatic carbocycles. The van der Waals surface area contributed by atoms with Gasteiger partial charge >= 0.3 is 0 Å². The molecule has 2 saturated carbocycles. The van der Waals surface area contributed by atoms with Crippen LogP contribution in [0.4, 0.5) is 0 Å². The van der Waals surface area contributed by atoms with Crippen molar-refractivity contribution in [2.75, 3.05) is 0 Å². The van der Waals surface area contributed by atoms with Gasteiger partial charge in [-0.15, -0.1) is 0 Å². The lowest BCUT2D eigenvalue weighted by atomic mass is 10.0. The zero-order chi connectivity index (χ0) is 11.0. The number of oxime groups is 1. The molecule has 15 heavy (non-hydrogen) atoms. The van der Waals surface area contributed by atoms with Crippen molar-refractivity contribution in [1.82, 2.24) is 5.32 Å². The Balaban J connectivity index is 1.81. The van der Waals surface area contributed by atoms with Crippen LogP contribution in [-0.2, 0) is 4.79 Å². The zero-order valence-corrected chi connectivity index (χ0v) is 8.81. The molecular formula is C10H17N3O2. The molecule has 4 N–H and O–H groups in total. The smallest absolute Gasteiger partial charge is 0.223 e. The van der Waals surface area contributed by atoms with Crippen molar-refractivity contribution < 1.29 is 10.0 Å².